The van der Waals surface area contributed by atoms with Crippen LogP contribution in [0, 0.1) is 22.7 Å². The predicted molar refractivity (Wildman–Crippen MR) is 76.1 cm³/mol. The molecule has 0 saturated carbocycles. The average Bonchev–Trinajstić information content (AvgIpc) is 2.56. The molecule has 1 heterocycles. The van der Waals surface area contributed by atoms with Crippen molar-refractivity contribution < 1.29 is 9.53 Å². The largest absolute Gasteiger partial charge is 0.378 e. The summed E-state index contributed by atoms with van der Waals surface area (Å²) in [5, 5.41) is 20.1. The number of nitriles is 2. The van der Waals surface area contributed by atoms with Crippen molar-refractivity contribution in [3.63, 3.8) is 0 Å². The predicted octanol–water partition coefficient (Wildman–Crippen LogP) is 1.50. The van der Waals surface area contributed by atoms with Crippen molar-refractivity contribution in [2.24, 2.45) is 0 Å². The van der Waals surface area contributed by atoms with Crippen molar-refractivity contribution in [2.75, 3.05) is 31.6 Å². The van der Waals surface area contributed by atoms with Gasteiger partial charge in [0.05, 0.1) is 13.2 Å². The fraction of sp³-hybridized carbons (Fsp3) is 0.267. The molecule has 6 heteroatoms. The molecule has 2 rings (SSSR count). The highest BCUT2D eigenvalue weighted by molar-refractivity contribution is 5.94. The molecular weight excluding hydrogens is 268 g/mol. The highest BCUT2D eigenvalue weighted by atomic mass is 16.5. The molecule has 106 valence electrons. The van der Waals surface area contributed by atoms with Crippen LogP contribution in [0.15, 0.2) is 36.0 Å². The lowest BCUT2D eigenvalue weighted by Gasteiger charge is -2.26. The van der Waals surface area contributed by atoms with Gasteiger partial charge in [-0.05, 0) is 24.3 Å². The lowest BCUT2D eigenvalue weighted by atomic mass is 10.1. The van der Waals surface area contributed by atoms with E-state index < -0.39 is 0 Å². The third-order valence-corrected chi connectivity index (χ3v) is 3.05. The van der Waals surface area contributed by atoms with Crippen LogP contribution >= 0.6 is 0 Å². The highest BCUT2D eigenvalue weighted by Gasteiger charge is 2.18. The van der Waals surface area contributed by atoms with E-state index in [2.05, 4.69) is 5.32 Å². The van der Waals surface area contributed by atoms with Gasteiger partial charge in [-0.3, -0.25) is 4.79 Å². The maximum absolute atomic E-state index is 12.2. The first-order valence-electron chi connectivity index (χ1n) is 6.48. The van der Waals surface area contributed by atoms with E-state index >= 15 is 0 Å². The van der Waals surface area contributed by atoms with Gasteiger partial charge in [-0.1, -0.05) is 0 Å². The SMILES string of the molecule is N#CC(C#N)=CNc1ccc(C(=O)N2CCOCC2)cc1. The molecule has 0 spiro atoms. The van der Waals surface area contributed by atoms with Crippen molar-refractivity contribution in [1.82, 2.24) is 4.90 Å². The van der Waals surface area contributed by atoms with Crippen molar-refractivity contribution in [3.05, 3.63) is 41.6 Å². The van der Waals surface area contributed by atoms with Crippen LogP contribution in [0.2, 0.25) is 0 Å². The number of hydrogen-bond donors (Lipinski definition) is 1. The van der Waals surface area contributed by atoms with Crippen LogP contribution in [0.3, 0.4) is 0 Å². The molecule has 1 saturated heterocycles. The Kier molecular flexibility index (Phi) is 4.92. The van der Waals surface area contributed by atoms with E-state index in [0.717, 1.165) is 0 Å². The van der Waals surface area contributed by atoms with Gasteiger partial charge in [0.25, 0.3) is 5.91 Å². The van der Waals surface area contributed by atoms with Crippen LogP contribution in [0.4, 0.5) is 5.69 Å². The third kappa shape index (κ3) is 3.82. The van der Waals surface area contributed by atoms with E-state index in [1.165, 1.54) is 6.20 Å². The zero-order chi connectivity index (χ0) is 15.1. The van der Waals surface area contributed by atoms with Crippen LogP contribution in [0.1, 0.15) is 10.4 Å². The summed E-state index contributed by atoms with van der Waals surface area (Å²) in [6.45, 7) is 2.35. The average molecular weight is 282 g/mol. The molecule has 1 fully saturated rings. The quantitative estimate of drug-likeness (QED) is 0.849. The van der Waals surface area contributed by atoms with E-state index in [-0.39, 0.29) is 11.5 Å². The second-order valence-electron chi connectivity index (χ2n) is 4.41. The van der Waals surface area contributed by atoms with E-state index in [1.54, 1.807) is 41.3 Å². The van der Waals surface area contributed by atoms with Gasteiger partial charge in [-0.15, -0.1) is 0 Å². The molecule has 0 aliphatic carbocycles. The number of anilines is 1. The van der Waals surface area contributed by atoms with E-state index in [9.17, 15) is 4.79 Å². The molecule has 0 bridgehead atoms. The monoisotopic (exact) mass is 282 g/mol. The topological polar surface area (TPSA) is 89.2 Å². The van der Waals surface area contributed by atoms with Gasteiger partial charge in [0.15, 0.2) is 0 Å². The van der Waals surface area contributed by atoms with Gasteiger partial charge >= 0.3 is 0 Å². The molecular formula is C15H14N4O2. The Labute approximate surface area is 122 Å². The van der Waals surface area contributed by atoms with Crippen LogP contribution < -0.4 is 5.32 Å². The Bertz CT molecular complexity index is 601. The van der Waals surface area contributed by atoms with Crippen LogP contribution in [-0.2, 0) is 4.74 Å². The molecule has 0 aromatic heterocycles. The van der Waals surface area contributed by atoms with E-state index in [4.69, 9.17) is 15.3 Å². The first-order valence-corrected chi connectivity index (χ1v) is 6.48. The number of morpholine rings is 1. The lowest BCUT2D eigenvalue weighted by Crippen LogP contribution is -2.40. The summed E-state index contributed by atoms with van der Waals surface area (Å²) in [6, 6.07) is 10.4. The van der Waals surface area contributed by atoms with Gasteiger partial charge in [0.2, 0.25) is 0 Å². The Balaban J connectivity index is 2.02. The number of benzene rings is 1. The van der Waals surface area contributed by atoms with Gasteiger partial charge in [-0.2, -0.15) is 10.5 Å². The van der Waals surface area contributed by atoms with Crippen LogP contribution in [-0.4, -0.2) is 37.1 Å². The minimum atomic E-state index is -0.0184. The van der Waals surface area contributed by atoms with Gasteiger partial charge in [0, 0.05) is 30.5 Å². The van der Waals surface area contributed by atoms with Crippen molar-refractivity contribution in [3.8, 4) is 12.1 Å². The number of nitrogens with zero attached hydrogens (tertiary/aromatic N) is 3. The Morgan fingerprint density at radius 2 is 1.81 bits per heavy atom. The third-order valence-electron chi connectivity index (χ3n) is 3.05. The molecule has 0 atom stereocenters. The number of allylic oxidation sites excluding steroid dienone is 1. The molecule has 1 aromatic rings. The minimum absolute atomic E-state index is 0.0107. The summed E-state index contributed by atoms with van der Waals surface area (Å²) in [6.07, 6.45) is 1.33. The first kappa shape index (κ1) is 14.6. The fourth-order valence-electron chi connectivity index (χ4n) is 1.90. The molecule has 6 nitrogen and oxygen atoms in total. The summed E-state index contributed by atoms with van der Waals surface area (Å²) in [4.78, 5) is 14.0. The van der Waals surface area contributed by atoms with Crippen molar-refractivity contribution in [2.45, 2.75) is 0 Å². The number of hydrogen-bond acceptors (Lipinski definition) is 5. The Hall–Kier alpha value is -2.83. The normalized spacial score (nSPS) is 13.7. The fourth-order valence-corrected chi connectivity index (χ4v) is 1.90. The number of ether oxygens (including phenoxy) is 1. The molecule has 0 unspecified atom stereocenters. The molecule has 1 amide bonds. The summed E-state index contributed by atoms with van der Waals surface area (Å²) in [7, 11) is 0. The van der Waals surface area contributed by atoms with Crippen molar-refractivity contribution >= 4 is 11.6 Å². The van der Waals surface area contributed by atoms with Crippen LogP contribution in [0.5, 0.6) is 0 Å². The summed E-state index contributed by atoms with van der Waals surface area (Å²) >= 11 is 0. The Morgan fingerprint density at radius 3 is 2.38 bits per heavy atom. The first-order chi connectivity index (χ1) is 10.2. The summed E-state index contributed by atoms with van der Waals surface area (Å²) in [5.41, 5.74) is 1.30. The maximum Gasteiger partial charge on any atom is 0.254 e. The van der Waals surface area contributed by atoms with Gasteiger partial charge < -0.3 is 15.0 Å². The smallest absolute Gasteiger partial charge is 0.254 e. The number of carbonyl (C=O) groups is 1. The number of carbonyl (C=O) groups excluding carboxylic acids is 1. The second kappa shape index (κ2) is 7.09. The zero-order valence-corrected chi connectivity index (χ0v) is 11.4. The highest BCUT2D eigenvalue weighted by Crippen LogP contribution is 2.13. The molecule has 0 radical (unpaired) electrons. The standard InChI is InChI=1S/C15H14N4O2/c16-9-12(10-17)11-18-14-3-1-13(2-4-14)15(20)19-5-7-21-8-6-19/h1-4,11,18H,5-8H2. The number of rotatable bonds is 3. The van der Waals surface area contributed by atoms with Crippen molar-refractivity contribution in [1.29, 1.82) is 10.5 Å². The second-order valence-corrected chi connectivity index (χ2v) is 4.41. The van der Waals surface area contributed by atoms with Gasteiger partial charge in [-0.25, -0.2) is 0 Å². The van der Waals surface area contributed by atoms with Crippen LogP contribution in [0.25, 0.3) is 0 Å². The molecule has 1 N–H and O–H groups in total. The Morgan fingerprint density at radius 1 is 1.19 bits per heavy atom. The molecule has 1 aromatic carbocycles. The van der Waals surface area contributed by atoms with Gasteiger partial charge in [0.1, 0.15) is 17.7 Å². The van der Waals surface area contributed by atoms with E-state index in [1.807, 2.05) is 0 Å². The summed E-state index contributed by atoms with van der Waals surface area (Å²) < 4.78 is 5.22. The summed E-state index contributed by atoms with van der Waals surface area (Å²) in [5.74, 6) is -0.0184. The molecule has 1 aliphatic rings. The van der Waals surface area contributed by atoms with E-state index in [0.29, 0.717) is 37.6 Å². The number of amides is 1. The minimum Gasteiger partial charge on any atom is -0.378 e. The number of nitrogens with one attached hydrogen (secondary N) is 1. The lowest BCUT2D eigenvalue weighted by molar-refractivity contribution is 0.0303. The zero-order valence-electron chi connectivity index (χ0n) is 11.4. The molecule has 21 heavy (non-hydrogen) atoms. The maximum atomic E-state index is 12.2. The molecule has 1 aliphatic heterocycles.